The van der Waals surface area contributed by atoms with Crippen LogP contribution in [0.3, 0.4) is 0 Å². The number of allylic oxidation sites excluding steroid dienone is 3. The van der Waals surface area contributed by atoms with E-state index in [1.165, 1.54) is 334 Å². The van der Waals surface area contributed by atoms with Crippen LogP contribution in [0.25, 0.3) is 0 Å². The van der Waals surface area contributed by atoms with Crippen LogP contribution in [0.2, 0.25) is 0 Å². The molecule has 0 fully saturated rings. The van der Waals surface area contributed by atoms with Crippen LogP contribution in [-0.2, 0) is 18.4 Å². The molecule has 0 aromatic heterocycles. The monoisotopic (exact) mass is 1180 g/mol. The molecule has 3 unspecified atom stereocenters. The summed E-state index contributed by atoms with van der Waals surface area (Å²) in [5.41, 5.74) is 0. The fourth-order valence-electron chi connectivity index (χ4n) is 11.5. The molecule has 0 rings (SSSR count). The van der Waals surface area contributed by atoms with Crippen LogP contribution in [0, 0.1) is 0 Å². The molecule has 488 valence electrons. The fourth-order valence-corrected chi connectivity index (χ4v) is 12.2. The van der Waals surface area contributed by atoms with Crippen molar-refractivity contribution in [3.05, 3.63) is 24.3 Å². The number of aliphatic hydroxyl groups excluding tert-OH is 1. The zero-order valence-corrected chi connectivity index (χ0v) is 56.9. The lowest BCUT2D eigenvalue weighted by molar-refractivity contribution is -0.870. The van der Waals surface area contributed by atoms with Crippen molar-refractivity contribution in [3.63, 3.8) is 0 Å². The van der Waals surface area contributed by atoms with Gasteiger partial charge in [0.15, 0.2) is 0 Å². The van der Waals surface area contributed by atoms with Crippen molar-refractivity contribution in [2.24, 2.45) is 0 Å². The molecule has 3 N–H and O–H groups in total. The molecule has 0 aliphatic heterocycles. The second-order valence-corrected chi connectivity index (χ2v) is 28.1. The summed E-state index contributed by atoms with van der Waals surface area (Å²) in [5, 5.41) is 14.0. The van der Waals surface area contributed by atoms with Gasteiger partial charge in [-0.05, 0) is 44.9 Å². The number of likely N-dealkylation sites (N-methyl/N-ethyl adjacent to an activating group) is 1. The van der Waals surface area contributed by atoms with Crippen LogP contribution >= 0.6 is 7.82 Å². The van der Waals surface area contributed by atoms with Crippen molar-refractivity contribution >= 4 is 13.7 Å². The lowest BCUT2D eigenvalue weighted by Crippen LogP contribution is -2.45. The van der Waals surface area contributed by atoms with E-state index in [-0.39, 0.29) is 19.1 Å². The van der Waals surface area contributed by atoms with Gasteiger partial charge in [-0.25, -0.2) is 4.57 Å². The predicted octanol–water partition coefficient (Wildman–Crippen LogP) is 23.4. The number of quaternary nitrogens is 1. The number of carbonyl (C=O) groups excluding carboxylic acids is 1. The van der Waals surface area contributed by atoms with Gasteiger partial charge in [0.1, 0.15) is 13.2 Å². The maximum atomic E-state index is 13.1. The van der Waals surface area contributed by atoms with Gasteiger partial charge in [0.2, 0.25) is 5.91 Å². The lowest BCUT2D eigenvalue weighted by Gasteiger charge is -2.25. The third-order valence-electron chi connectivity index (χ3n) is 17.2. The first-order chi connectivity index (χ1) is 40.0. The van der Waals surface area contributed by atoms with Gasteiger partial charge in [-0.1, -0.05) is 359 Å². The largest absolute Gasteiger partial charge is 0.472 e. The van der Waals surface area contributed by atoms with Crippen molar-refractivity contribution in [2.45, 2.75) is 398 Å². The Morgan fingerprint density at radius 3 is 0.939 bits per heavy atom. The SMILES string of the molecule is CCCCCCCCCC/C=C\CCCCCCCCCCCCCCCCCCCCCCCCCCCC(=O)NC(COP(=O)(O)OCC[N+](C)(C)C)C(O)/C=C/CCCCCCCCCCCCCCCCCCCCCCC. The number of aliphatic hydroxyl groups is 1. The number of nitrogens with zero attached hydrogens (tertiary/aromatic N) is 1. The van der Waals surface area contributed by atoms with Crippen LogP contribution in [0.4, 0.5) is 0 Å². The molecular weight excluding hydrogens is 1030 g/mol. The number of carbonyl (C=O) groups is 1. The number of nitrogens with one attached hydrogen (secondary N) is 1. The van der Waals surface area contributed by atoms with Gasteiger partial charge in [-0.15, -0.1) is 0 Å². The molecule has 0 heterocycles. The highest BCUT2D eigenvalue weighted by atomic mass is 31.2. The number of unbranched alkanes of at least 4 members (excludes halogenated alkanes) is 54. The first-order valence-corrected chi connectivity index (χ1v) is 38.2. The molecule has 0 saturated carbocycles. The maximum Gasteiger partial charge on any atom is 0.472 e. The Hall–Kier alpha value is -1.02. The maximum absolute atomic E-state index is 13.1. The second kappa shape index (κ2) is 64.5. The lowest BCUT2D eigenvalue weighted by atomic mass is 10.0. The number of hydrogen-bond donors (Lipinski definition) is 3. The normalized spacial score (nSPS) is 13.7. The van der Waals surface area contributed by atoms with Gasteiger partial charge in [0, 0.05) is 6.42 Å². The summed E-state index contributed by atoms with van der Waals surface area (Å²) in [4.78, 5) is 23.4. The Kier molecular flexibility index (Phi) is 63.7. The zero-order valence-electron chi connectivity index (χ0n) is 56.0. The highest BCUT2D eigenvalue weighted by Gasteiger charge is 2.28. The number of rotatable bonds is 69. The summed E-state index contributed by atoms with van der Waals surface area (Å²) >= 11 is 0. The van der Waals surface area contributed by atoms with Crippen LogP contribution in [-0.4, -0.2) is 73.4 Å². The van der Waals surface area contributed by atoms with E-state index in [0.29, 0.717) is 17.4 Å². The molecular formula is C73H146N2O6P+. The van der Waals surface area contributed by atoms with E-state index in [1.807, 2.05) is 27.2 Å². The van der Waals surface area contributed by atoms with E-state index >= 15 is 0 Å². The molecule has 0 saturated heterocycles. The summed E-state index contributed by atoms with van der Waals surface area (Å²) in [6.45, 7) is 4.88. The molecule has 0 aromatic rings. The van der Waals surface area contributed by atoms with E-state index in [2.05, 4.69) is 31.3 Å². The van der Waals surface area contributed by atoms with Crippen molar-refractivity contribution in [3.8, 4) is 0 Å². The van der Waals surface area contributed by atoms with Crippen LogP contribution in [0.5, 0.6) is 0 Å². The summed E-state index contributed by atoms with van der Waals surface area (Å²) in [6.07, 6.45) is 84.9. The summed E-state index contributed by atoms with van der Waals surface area (Å²) in [6, 6.07) is -0.845. The molecule has 1 amide bonds. The highest BCUT2D eigenvalue weighted by molar-refractivity contribution is 7.47. The van der Waals surface area contributed by atoms with E-state index < -0.39 is 20.0 Å². The third kappa shape index (κ3) is 66.5. The Morgan fingerprint density at radius 2 is 0.659 bits per heavy atom. The average Bonchev–Trinajstić information content (AvgIpc) is 3.47. The highest BCUT2D eigenvalue weighted by Crippen LogP contribution is 2.43. The smallest absolute Gasteiger partial charge is 0.387 e. The minimum atomic E-state index is -4.35. The topological polar surface area (TPSA) is 105 Å². The van der Waals surface area contributed by atoms with Gasteiger partial charge in [-0.2, -0.15) is 0 Å². The molecule has 9 heteroatoms. The van der Waals surface area contributed by atoms with E-state index in [9.17, 15) is 19.4 Å². The van der Waals surface area contributed by atoms with Gasteiger partial charge >= 0.3 is 7.82 Å². The molecule has 0 spiro atoms. The quantitative estimate of drug-likeness (QED) is 0.0243. The van der Waals surface area contributed by atoms with Gasteiger partial charge in [-0.3, -0.25) is 13.8 Å². The van der Waals surface area contributed by atoms with Crippen molar-refractivity contribution in [1.29, 1.82) is 0 Å². The van der Waals surface area contributed by atoms with Gasteiger partial charge in [0.05, 0.1) is 39.9 Å². The van der Waals surface area contributed by atoms with Crippen LogP contribution in [0.1, 0.15) is 386 Å². The van der Waals surface area contributed by atoms with Crippen LogP contribution < -0.4 is 5.32 Å². The molecule has 3 atom stereocenters. The number of hydrogen-bond acceptors (Lipinski definition) is 5. The Labute approximate surface area is 513 Å². The molecule has 0 aliphatic carbocycles. The fraction of sp³-hybridized carbons (Fsp3) is 0.932. The second-order valence-electron chi connectivity index (χ2n) is 26.7. The summed E-state index contributed by atoms with van der Waals surface area (Å²) < 4.78 is 23.8. The van der Waals surface area contributed by atoms with Crippen molar-refractivity contribution < 1.29 is 32.9 Å². The zero-order chi connectivity index (χ0) is 59.8. The Bertz CT molecular complexity index is 1390. The minimum Gasteiger partial charge on any atom is -0.387 e. The van der Waals surface area contributed by atoms with E-state index in [4.69, 9.17) is 9.05 Å². The van der Waals surface area contributed by atoms with Crippen molar-refractivity contribution in [2.75, 3.05) is 40.9 Å². The molecule has 0 aromatic carbocycles. The van der Waals surface area contributed by atoms with Gasteiger partial charge in [0.25, 0.3) is 0 Å². The molecule has 0 radical (unpaired) electrons. The summed E-state index contributed by atoms with van der Waals surface area (Å²) in [7, 11) is 1.59. The first-order valence-electron chi connectivity index (χ1n) is 36.7. The minimum absolute atomic E-state index is 0.0648. The third-order valence-corrected chi connectivity index (χ3v) is 18.1. The molecule has 82 heavy (non-hydrogen) atoms. The van der Waals surface area contributed by atoms with Crippen molar-refractivity contribution in [1.82, 2.24) is 5.32 Å². The number of phosphoric acid groups is 1. The molecule has 8 nitrogen and oxygen atoms in total. The number of amides is 1. The Morgan fingerprint density at radius 1 is 0.402 bits per heavy atom. The van der Waals surface area contributed by atoms with E-state index in [0.717, 1.165) is 32.1 Å². The van der Waals surface area contributed by atoms with E-state index in [1.54, 1.807) is 6.08 Å². The van der Waals surface area contributed by atoms with Gasteiger partial charge < -0.3 is 19.8 Å². The standard InChI is InChI=1S/C73H145N2O6P/c1-6-8-10-12-14-16-18-20-22-24-26-28-30-31-32-33-34-35-36-37-38-39-40-41-42-43-45-47-49-51-53-55-57-59-61-63-65-67-73(77)74-71(70-81-82(78,79)80-69-68-75(3,4)5)72(76)66-64-62-60-58-56-54-52-50-48-46-44-29-27-25-23-21-19-17-15-13-11-9-7-2/h24,26,64,66,71-72,76H,6-23,25,27-63,65,67-70H2,1-5H3,(H-,74,77,78,79)/p+1/b26-24-,66-64+. The molecule has 0 aliphatic rings. The first kappa shape index (κ1) is 81.0. The average molecular weight is 1180 g/mol. The Balaban J connectivity index is 3.95. The summed E-state index contributed by atoms with van der Waals surface area (Å²) in [5.74, 6) is -0.167. The van der Waals surface area contributed by atoms with Crippen LogP contribution in [0.15, 0.2) is 24.3 Å². The number of phosphoric ester groups is 1. The molecule has 0 bridgehead atoms. The predicted molar refractivity (Wildman–Crippen MR) is 360 cm³/mol.